The normalized spacial score (nSPS) is 10.8. The highest BCUT2D eigenvalue weighted by Crippen LogP contribution is 1.81. The number of rotatable bonds is 6. The summed E-state index contributed by atoms with van der Waals surface area (Å²) in [6.45, 7) is 12.4. The van der Waals surface area contributed by atoms with E-state index in [0.717, 1.165) is 13.1 Å². The molecule has 0 N–H and O–H groups in total. The van der Waals surface area contributed by atoms with Gasteiger partial charge in [-0.05, 0) is 47.8 Å². The molecule has 0 aromatic carbocycles. The predicted molar refractivity (Wildman–Crippen MR) is 70.6 cm³/mol. The molecule has 15 heavy (non-hydrogen) atoms. The zero-order chi connectivity index (χ0) is 12.3. The SMILES string of the molecule is CCN(CC)CC.CN(C)CCN(C)C. The largest absolute Gasteiger partial charge is 0.308 e. The van der Waals surface area contributed by atoms with Crippen molar-refractivity contribution >= 4 is 0 Å². The first-order valence-corrected chi connectivity index (χ1v) is 5.99. The fraction of sp³-hybridized carbons (Fsp3) is 1.00. The molecule has 94 valence electrons. The van der Waals surface area contributed by atoms with E-state index in [2.05, 4.69) is 63.7 Å². The molecule has 0 amide bonds. The lowest BCUT2D eigenvalue weighted by molar-refractivity contribution is 0.320. The van der Waals surface area contributed by atoms with E-state index in [-0.39, 0.29) is 0 Å². The van der Waals surface area contributed by atoms with Gasteiger partial charge in [-0.25, -0.2) is 0 Å². The summed E-state index contributed by atoms with van der Waals surface area (Å²) in [5.41, 5.74) is 0. The van der Waals surface area contributed by atoms with Gasteiger partial charge in [0, 0.05) is 13.1 Å². The summed E-state index contributed by atoms with van der Waals surface area (Å²) in [5.74, 6) is 0. The Labute approximate surface area is 97.0 Å². The van der Waals surface area contributed by atoms with Crippen LogP contribution < -0.4 is 0 Å². The van der Waals surface area contributed by atoms with E-state index >= 15 is 0 Å². The van der Waals surface area contributed by atoms with Crippen molar-refractivity contribution in [3.05, 3.63) is 0 Å². The second kappa shape index (κ2) is 12.0. The first-order chi connectivity index (χ1) is 6.97. The summed E-state index contributed by atoms with van der Waals surface area (Å²) in [6, 6.07) is 0. The topological polar surface area (TPSA) is 9.72 Å². The van der Waals surface area contributed by atoms with Gasteiger partial charge >= 0.3 is 0 Å². The Morgan fingerprint density at radius 1 is 0.600 bits per heavy atom. The second-order valence-corrected chi connectivity index (χ2v) is 4.23. The van der Waals surface area contributed by atoms with Crippen LogP contribution in [0.2, 0.25) is 0 Å². The van der Waals surface area contributed by atoms with Crippen molar-refractivity contribution in [1.82, 2.24) is 14.7 Å². The van der Waals surface area contributed by atoms with Crippen molar-refractivity contribution in [1.29, 1.82) is 0 Å². The van der Waals surface area contributed by atoms with Gasteiger partial charge in [0.05, 0.1) is 0 Å². The molecular formula is C12H31N3. The first kappa shape index (κ1) is 17.3. The molecule has 0 aromatic rings. The van der Waals surface area contributed by atoms with Crippen molar-refractivity contribution in [3.8, 4) is 0 Å². The van der Waals surface area contributed by atoms with Gasteiger partial charge in [-0.1, -0.05) is 20.8 Å². The molecule has 0 aliphatic carbocycles. The van der Waals surface area contributed by atoms with Gasteiger partial charge in [-0.3, -0.25) is 0 Å². The molecule has 0 fully saturated rings. The lowest BCUT2D eigenvalue weighted by Crippen LogP contribution is -2.25. The minimum atomic E-state index is 1.15. The Morgan fingerprint density at radius 2 is 0.867 bits per heavy atom. The van der Waals surface area contributed by atoms with Gasteiger partial charge in [0.15, 0.2) is 0 Å². The molecule has 0 atom stereocenters. The highest BCUT2D eigenvalue weighted by atomic mass is 15.1. The standard InChI is InChI=1S/C6H16N2.C6H15N/c1-7(2)5-6-8(3)4;1-4-7(5-2)6-3/h5-6H2,1-4H3;4-6H2,1-3H3. The smallest absolute Gasteiger partial charge is 0.0103 e. The molecule has 0 radical (unpaired) electrons. The minimum Gasteiger partial charge on any atom is -0.308 e. The van der Waals surface area contributed by atoms with E-state index in [1.165, 1.54) is 19.6 Å². The number of nitrogens with zero attached hydrogens (tertiary/aromatic N) is 3. The third-order valence-electron chi connectivity index (χ3n) is 2.34. The second-order valence-electron chi connectivity index (χ2n) is 4.23. The molecule has 0 bridgehead atoms. The van der Waals surface area contributed by atoms with Crippen LogP contribution in [0.25, 0.3) is 0 Å². The van der Waals surface area contributed by atoms with E-state index in [0.29, 0.717) is 0 Å². The third kappa shape index (κ3) is 16.5. The fourth-order valence-electron chi connectivity index (χ4n) is 1.07. The van der Waals surface area contributed by atoms with Gasteiger partial charge < -0.3 is 14.7 Å². The summed E-state index contributed by atoms with van der Waals surface area (Å²) in [5, 5.41) is 0. The Balaban J connectivity index is 0. The zero-order valence-corrected chi connectivity index (χ0v) is 11.9. The maximum atomic E-state index is 2.38. The Kier molecular flexibility index (Phi) is 13.8. The van der Waals surface area contributed by atoms with Crippen LogP contribution in [0.1, 0.15) is 20.8 Å². The maximum absolute atomic E-state index is 2.38. The molecule has 0 rings (SSSR count). The number of hydrogen-bond donors (Lipinski definition) is 0. The van der Waals surface area contributed by atoms with Gasteiger partial charge in [0.2, 0.25) is 0 Å². The van der Waals surface area contributed by atoms with Crippen LogP contribution in [0.4, 0.5) is 0 Å². The molecule has 0 unspecified atom stereocenters. The number of likely N-dealkylation sites (N-methyl/N-ethyl adjacent to an activating group) is 2. The molecule has 3 heteroatoms. The van der Waals surface area contributed by atoms with Gasteiger partial charge in [0.25, 0.3) is 0 Å². The highest BCUT2D eigenvalue weighted by Gasteiger charge is 1.90. The van der Waals surface area contributed by atoms with Crippen LogP contribution in [-0.4, -0.2) is 75.6 Å². The van der Waals surface area contributed by atoms with E-state index in [1.54, 1.807) is 0 Å². The van der Waals surface area contributed by atoms with Crippen LogP contribution in [0.3, 0.4) is 0 Å². The summed E-state index contributed by atoms with van der Waals surface area (Å²) in [6.07, 6.45) is 0. The first-order valence-electron chi connectivity index (χ1n) is 5.99. The molecule has 0 aliphatic rings. The lowest BCUT2D eigenvalue weighted by Gasteiger charge is -2.13. The summed E-state index contributed by atoms with van der Waals surface area (Å²) < 4.78 is 0. The molecule has 0 heterocycles. The van der Waals surface area contributed by atoms with E-state index < -0.39 is 0 Å². The van der Waals surface area contributed by atoms with E-state index in [1.807, 2.05) is 0 Å². The van der Waals surface area contributed by atoms with Crippen molar-refractivity contribution < 1.29 is 0 Å². The van der Waals surface area contributed by atoms with Gasteiger partial charge in [-0.15, -0.1) is 0 Å². The molecule has 0 aliphatic heterocycles. The Morgan fingerprint density at radius 3 is 0.933 bits per heavy atom. The van der Waals surface area contributed by atoms with Gasteiger partial charge in [0.1, 0.15) is 0 Å². The molecular weight excluding hydrogens is 186 g/mol. The molecule has 0 spiro atoms. The molecule has 0 saturated carbocycles. The van der Waals surface area contributed by atoms with Crippen molar-refractivity contribution in [2.24, 2.45) is 0 Å². The zero-order valence-electron chi connectivity index (χ0n) is 11.9. The summed E-state index contributed by atoms with van der Waals surface area (Å²) in [7, 11) is 8.35. The number of hydrogen-bond acceptors (Lipinski definition) is 3. The van der Waals surface area contributed by atoms with E-state index in [4.69, 9.17) is 0 Å². The average Bonchev–Trinajstić information content (AvgIpc) is 2.18. The third-order valence-corrected chi connectivity index (χ3v) is 2.34. The Hall–Kier alpha value is -0.120. The van der Waals surface area contributed by atoms with Crippen molar-refractivity contribution in [2.45, 2.75) is 20.8 Å². The van der Waals surface area contributed by atoms with Crippen LogP contribution in [-0.2, 0) is 0 Å². The highest BCUT2D eigenvalue weighted by molar-refractivity contribution is 4.46. The monoisotopic (exact) mass is 217 g/mol. The Bertz CT molecular complexity index is 95.9. The van der Waals surface area contributed by atoms with E-state index in [9.17, 15) is 0 Å². The average molecular weight is 217 g/mol. The maximum Gasteiger partial charge on any atom is 0.0103 e. The summed E-state index contributed by atoms with van der Waals surface area (Å²) in [4.78, 5) is 6.74. The predicted octanol–water partition coefficient (Wildman–Crippen LogP) is 1.46. The molecule has 0 saturated heterocycles. The van der Waals surface area contributed by atoms with Crippen LogP contribution in [0.15, 0.2) is 0 Å². The van der Waals surface area contributed by atoms with Crippen molar-refractivity contribution in [2.75, 3.05) is 60.9 Å². The van der Waals surface area contributed by atoms with Crippen LogP contribution >= 0.6 is 0 Å². The lowest BCUT2D eigenvalue weighted by atomic mass is 10.5. The molecule has 3 nitrogen and oxygen atoms in total. The van der Waals surface area contributed by atoms with Crippen LogP contribution in [0, 0.1) is 0 Å². The quantitative estimate of drug-likeness (QED) is 0.667. The summed E-state index contributed by atoms with van der Waals surface area (Å²) >= 11 is 0. The van der Waals surface area contributed by atoms with Crippen LogP contribution in [0.5, 0.6) is 0 Å². The van der Waals surface area contributed by atoms with Gasteiger partial charge in [-0.2, -0.15) is 0 Å². The minimum absolute atomic E-state index is 1.15. The fourth-order valence-corrected chi connectivity index (χ4v) is 1.07. The van der Waals surface area contributed by atoms with Crippen molar-refractivity contribution in [3.63, 3.8) is 0 Å². The molecule has 0 aromatic heterocycles.